The van der Waals surface area contributed by atoms with Crippen LogP contribution in [0.1, 0.15) is 20.8 Å². The van der Waals surface area contributed by atoms with Gasteiger partial charge in [0.05, 0.1) is 5.92 Å². The first-order valence-corrected chi connectivity index (χ1v) is 5.22. The van der Waals surface area contributed by atoms with E-state index in [9.17, 15) is 0 Å². The van der Waals surface area contributed by atoms with Gasteiger partial charge < -0.3 is 4.90 Å². The summed E-state index contributed by atoms with van der Waals surface area (Å²) < 4.78 is 0. The predicted molar refractivity (Wildman–Crippen MR) is 63.5 cm³/mol. The molecule has 2 rings (SSSR count). The lowest BCUT2D eigenvalue weighted by Gasteiger charge is -2.29. The van der Waals surface area contributed by atoms with Gasteiger partial charge in [0.1, 0.15) is 6.04 Å². The van der Waals surface area contributed by atoms with Crippen molar-refractivity contribution in [3.05, 3.63) is 41.5 Å². The molecule has 2 aliphatic rings. The van der Waals surface area contributed by atoms with Crippen molar-refractivity contribution >= 4 is 6.21 Å². The summed E-state index contributed by atoms with van der Waals surface area (Å²) in [5.41, 5.74) is 1.26. The zero-order chi connectivity index (χ0) is 11.2. The largest absolute Gasteiger partial charge is 0.380 e. The van der Waals surface area contributed by atoms with Gasteiger partial charge in [-0.15, -0.1) is 0 Å². The molecule has 5 radical (unpaired) electrons. The smallest absolute Gasteiger partial charge is 0.106 e. The van der Waals surface area contributed by atoms with Gasteiger partial charge in [-0.25, -0.2) is 0 Å². The van der Waals surface area contributed by atoms with Gasteiger partial charge in [0.15, 0.2) is 0 Å². The SMILES string of the molecule is C[C]1[C](C)[C]2N=CC=C(N(C)C)[C]2[C]1C. The summed E-state index contributed by atoms with van der Waals surface area (Å²) >= 11 is 0. The highest BCUT2D eigenvalue weighted by molar-refractivity contribution is 5.82. The molecular weight excluding hydrogens is 184 g/mol. The summed E-state index contributed by atoms with van der Waals surface area (Å²) in [5, 5.41) is 0. The Labute approximate surface area is 93.1 Å². The predicted octanol–water partition coefficient (Wildman–Crippen LogP) is 2.42. The minimum absolute atomic E-state index is 1.15. The number of allylic oxidation sites excluding steroid dienone is 1. The molecule has 2 heteroatoms. The first-order valence-electron chi connectivity index (χ1n) is 5.22. The van der Waals surface area contributed by atoms with Crippen LogP contribution >= 0.6 is 0 Å². The fourth-order valence-corrected chi connectivity index (χ4v) is 2.12. The van der Waals surface area contributed by atoms with Gasteiger partial charge in [-0.1, -0.05) is 20.8 Å². The lowest BCUT2D eigenvalue weighted by Crippen LogP contribution is -2.24. The molecule has 1 saturated carbocycles. The molecule has 1 heterocycles. The van der Waals surface area contributed by atoms with Crippen LogP contribution in [0, 0.1) is 29.7 Å². The van der Waals surface area contributed by atoms with E-state index in [4.69, 9.17) is 0 Å². The Morgan fingerprint density at radius 2 is 1.67 bits per heavy atom. The second-order valence-corrected chi connectivity index (χ2v) is 4.32. The molecule has 2 nitrogen and oxygen atoms in total. The third-order valence-electron chi connectivity index (χ3n) is 3.27. The quantitative estimate of drug-likeness (QED) is 0.636. The van der Waals surface area contributed by atoms with Crippen LogP contribution < -0.4 is 0 Å². The molecule has 0 aromatic heterocycles. The first-order chi connectivity index (χ1) is 7.04. The first kappa shape index (κ1) is 10.7. The highest BCUT2D eigenvalue weighted by Gasteiger charge is 2.49. The van der Waals surface area contributed by atoms with E-state index in [1.54, 1.807) is 0 Å². The van der Waals surface area contributed by atoms with Crippen molar-refractivity contribution in [3.8, 4) is 0 Å². The topological polar surface area (TPSA) is 15.6 Å². The molecule has 0 bridgehead atoms. The molecule has 0 spiro atoms. The van der Waals surface area contributed by atoms with Crippen LogP contribution in [0.3, 0.4) is 0 Å². The third-order valence-corrected chi connectivity index (χ3v) is 3.27. The monoisotopic (exact) mass is 201 g/mol. The minimum Gasteiger partial charge on any atom is -0.380 e. The summed E-state index contributed by atoms with van der Waals surface area (Å²) in [7, 11) is 4.15. The second-order valence-electron chi connectivity index (χ2n) is 4.32. The van der Waals surface area contributed by atoms with Crippen LogP contribution in [0.15, 0.2) is 16.8 Å². The van der Waals surface area contributed by atoms with Crippen molar-refractivity contribution in [2.75, 3.05) is 14.1 Å². The van der Waals surface area contributed by atoms with Crippen molar-refractivity contribution < 1.29 is 0 Å². The van der Waals surface area contributed by atoms with Crippen LogP contribution in [0.2, 0.25) is 0 Å². The molecule has 0 N–H and O–H groups in total. The molecule has 15 heavy (non-hydrogen) atoms. The molecule has 0 atom stereocenters. The molecule has 0 aromatic rings. The Morgan fingerprint density at radius 3 is 2.27 bits per heavy atom. The number of nitrogens with zero attached hydrogens (tertiary/aromatic N) is 2. The summed E-state index contributed by atoms with van der Waals surface area (Å²) in [6.45, 7) is 6.50. The molecule has 0 saturated heterocycles. The van der Waals surface area contributed by atoms with Crippen LogP contribution in [-0.2, 0) is 0 Å². The van der Waals surface area contributed by atoms with Crippen molar-refractivity contribution in [3.63, 3.8) is 0 Å². The lowest BCUT2D eigenvalue weighted by molar-refractivity contribution is 0.502. The fourth-order valence-electron chi connectivity index (χ4n) is 2.12. The maximum absolute atomic E-state index is 4.48. The van der Waals surface area contributed by atoms with Crippen molar-refractivity contribution in [1.29, 1.82) is 0 Å². The van der Waals surface area contributed by atoms with Crippen LogP contribution in [0.5, 0.6) is 0 Å². The van der Waals surface area contributed by atoms with E-state index in [0.717, 1.165) is 6.04 Å². The molecule has 1 aliphatic heterocycles. The molecule has 1 aliphatic carbocycles. The van der Waals surface area contributed by atoms with E-state index >= 15 is 0 Å². The highest BCUT2D eigenvalue weighted by Crippen LogP contribution is 2.56. The number of rotatable bonds is 1. The summed E-state index contributed by atoms with van der Waals surface area (Å²) in [6, 6.07) is 1.15. The fraction of sp³-hybridized carbons (Fsp3) is 0.385. The zero-order valence-electron chi connectivity index (χ0n) is 10.0. The van der Waals surface area contributed by atoms with Crippen LogP contribution in [0.4, 0.5) is 0 Å². The maximum Gasteiger partial charge on any atom is 0.106 e. The molecule has 0 aromatic carbocycles. The number of dihydropyridines is 1. The third kappa shape index (κ3) is 1.51. The van der Waals surface area contributed by atoms with Gasteiger partial charge in [0.25, 0.3) is 0 Å². The number of fused-ring (bicyclic) bond motifs is 1. The molecule has 79 valence electrons. The van der Waals surface area contributed by atoms with Gasteiger partial charge in [0.2, 0.25) is 0 Å². The Balaban J connectivity index is 2.33. The van der Waals surface area contributed by atoms with Gasteiger partial charge in [-0.3, -0.25) is 4.99 Å². The van der Waals surface area contributed by atoms with Gasteiger partial charge in [-0.05, 0) is 17.9 Å². The summed E-state index contributed by atoms with van der Waals surface area (Å²) in [4.78, 5) is 6.63. The minimum atomic E-state index is 1.15. The Morgan fingerprint density at radius 1 is 1.00 bits per heavy atom. The highest BCUT2D eigenvalue weighted by atomic mass is 15.1. The standard InChI is InChI=1S/C13H17N2/c1-8-9(2)12-11(15(4)5)6-7-14-13(12)10(8)3/h6-7H,1-5H3. The second kappa shape index (κ2) is 3.66. The number of hydrogen-bond donors (Lipinski definition) is 0. The summed E-state index contributed by atoms with van der Waals surface area (Å²) in [5.74, 6) is 5.34. The average Bonchev–Trinajstić information content (AvgIpc) is 2.44. The Kier molecular flexibility index (Phi) is 2.61. The van der Waals surface area contributed by atoms with E-state index in [1.165, 1.54) is 29.4 Å². The summed E-state index contributed by atoms with van der Waals surface area (Å²) in [6.07, 6.45) is 3.97. The van der Waals surface area contributed by atoms with Gasteiger partial charge in [0, 0.05) is 31.9 Å². The van der Waals surface area contributed by atoms with Crippen molar-refractivity contribution in [2.45, 2.75) is 20.8 Å². The van der Waals surface area contributed by atoms with Crippen LogP contribution in [0.25, 0.3) is 0 Å². The van der Waals surface area contributed by atoms with E-state index in [2.05, 4.69) is 50.8 Å². The molecule has 0 unspecified atom stereocenters. The van der Waals surface area contributed by atoms with E-state index < -0.39 is 0 Å². The van der Waals surface area contributed by atoms with Crippen LogP contribution in [-0.4, -0.2) is 25.2 Å². The maximum atomic E-state index is 4.48. The van der Waals surface area contributed by atoms with Gasteiger partial charge in [-0.2, -0.15) is 0 Å². The van der Waals surface area contributed by atoms with Crippen molar-refractivity contribution in [2.24, 2.45) is 4.99 Å². The van der Waals surface area contributed by atoms with E-state index in [0.29, 0.717) is 0 Å². The molecule has 0 amide bonds. The number of hydrogen-bond acceptors (Lipinski definition) is 2. The molecular formula is C13H17N2. The van der Waals surface area contributed by atoms with E-state index in [-0.39, 0.29) is 0 Å². The average molecular weight is 201 g/mol. The van der Waals surface area contributed by atoms with Gasteiger partial charge >= 0.3 is 0 Å². The Bertz CT molecular complexity index is 304. The normalized spacial score (nSPS) is 25.8. The van der Waals surface area contributed by atoms with E-state index in [1.807, 2.05) is 6.21 Å². The van der Waals surface area contributed by atoms with Crippen molar-refractivity contribution in [1.82, 2.24) is 4.90 Å². The number of aliphatic imine (C=N–C) groups is 1. The Hall–Kier alpha value is -0.790. The molecule has 1 fully saturated rings. The zero-order valence-corrected chi connectivity index (χ0v) is 10.0. The lowest BCUT2D eigenvalue weighted by atomic mass is 9.87.